The Labute approximate surface area is 152 Å². The Kier molecular flexibility index (Phi) is 4.98. The molecule has 26 heavy (non-hydrogen) atoms. The predicted molar refractivity (Wildman–Crippen MR) is 97.4 cm³/mol. The van der Waals surface area contributed by atoms with Gasteiger partial charge in [-0.25, -0.2) is 9.78 Å². The molecule has 0 fully saturated rings. The van der Waals surface area contributed by atoms with Gasteiger partial charge in [-0.1, -0.05) is 18.3 Å². The molecule has 0 aliphatic carbocycles. The highest BCUT2D eigenvalue weighted by Crippen LogP contribution is 2.16. The molecule has 1 N–H and O–H groups in total. The van der Waals surface area contributed by atoms with Gasteiger partial charge in [0.1, 0.15) is 5.01 Å². The van der Waals surface area contributed by atoms with E-state index in [2.05, 4.69) is 20.5 Å². The molecule has 1 amide bonds. The van der Waals surface area contributed by atoms with Gasteiger partial charge < -0.3 is 9.88 Å². The van der Waals surface area contributed by atoms with Crippen LogP contribution in [-0.2, 0) is 31.9 Å². The number of carbonyl (C=O) groups excluding carboxylic acids is 1. The maximum absolute atomic E-state index is 12.3. The van der Waals surface area contributed by atoms with E-state index in [-0.39, 0.29) is 12.3 Å². The van der Waals surface area contributed by atoms with Crippen LogP contribution in [0.5, 0.6) is 0 Å². The second-order valence-corrected chi connectivity index (χ2v) is 6.88. The average molecular weight is 377 g/mol. The summed E-state index contributed by atoms with van der Waals surface area (Å²) in [6, 6.07) is 0. The van der Waals surface area contributed by atoms with Crippen LogP contribution in [0.25, 0.3) is 11.2 Å². The highest BCUT2D eigenvalue weighted by Gasteiger charge is 2.14. The van der Waals surface area contributed by atoms with Crippen LogP contribution in [0.2, 0.25) is 0 Å². The normalized spacial score (nSPS) is 11.2. The van der Waals surface area contributed by atoms with Crippen LogP contribution in [-0.4, -0.2) is 34.8 Å². The molecule has 3 heterocycles. The van der Waals surface area contributed by atoms with Gasteiger partial charge in [-0.05, 0) is 12.8 Å². The number of nitrogens with one attached hydrogen (secondary N) is 1. The molecular weight excluding hydrogens is 358 g/mol. The molecule has 0 aromatic carbocycles. The van der Waals surface area contributed by atoms with Crippen molar-refractivity contribution in [2.24, 2.45) is 14.1 Å². The van der Waals surface area contributed by atoms with Crippen LogP contribution < -0.4 is 16.6 Å². The first-order valence-electron chi connectivity index (χ1n) is 8.15. The minimum atomic E-state index is -0.421. The number of hydrogen-bond donors (Lipinski definition) is 1. The lowest BCUT2D eigenvalue weighted by Crippen LogP contribution is -2.37. The zero-order valence-electron chi connectivity index (χ0n) is 14.7. The summed E-state index contributed by atoms with van der Waals surface area (Å²) in [6.45, 7) is 2.41. The van der Waals surface area contributed by atoms with Crippen molar-refractivity contribution < 1.29 is 4.79 Å². The van der Waals surface area contributed by atoms with Crippen LogP contribution in [0, 0.1) is 0 Å². The number of aromatic nitrogens is 6. The molecule has 0 spiro atoms. The van der Waals surface area contributed by atoms with E-state index >= 15 is 0 Å². The number of aryl methyl sites for hydroxylation is 3. The summed E-state index contributed by atoms with van der Waals surface area (Å²) in [6.07, 6.45) is 3.08. The Bertz CT molecular complexity index is 1080. The Hall–Kier alpha value is -2.82. The molecule has 0 bridgehead atoms. The third-order valence-corrected chi connectivity index (χ3v) is 5.02. The fraction of sp³-hybridized carbons (Fsp3) is 0.467. The molecule has 0 radical (unpaired) electrons. The van der Waals surface area contributed by atoms with Gasteiger partial charge in [-0.2, -0.15) is 0 Å². The van der Waals surface area contributed by atoms with Gasteiger partial charge in [0.2, 0.25) is 11.0 Å². The van der Waals surface area contributed by atoms with Crippen LogP contribution in [0.1, 0.15) is 24.8 Å². The molecule has 0 saturated heterocycles. The molecule has 10 nitrogen and oxygen atoms in total. The first-order chi connectivity index (χ1) is 12.4. The van der Waals surface area contributed by atoms with E-state index in [0.29, 0.717) is 29.3 Å². The number of imidazole rings is 1. The topological polar surface area (TPSA) is 117 Å². The van der Waals surface area contributed by atoms with Gasteiger partial charge in [0, 0.05) is 27.1 Å². The molecular formula is C15H19N7O3S. The third kappa shape index (κ3) is 3.29. The predicted octanol–water partition coefficient (Wildman–Crippen LogP) is 0.266. The van der Waals surface area contributed by atoms with E-state index in [1.807, 2.05) is 6.92 Å². The Morgan fingerprint density at radius 1 is 1.23 bits per heavy atom. The van der Waals surface area contributed by atoms with Gasteiger partial charge in [-0.3, -0.25) is 18.7 Å². The summed E-state index contributed by atoms with van der Waals surface area (Å²) in [4.78, 5) is 40.4. The monoisotopic (exact) mass is 377 g/mol. The molecule has 0 aliphatic heterocycles. The number of rotatable bonds is 6. The van der Waals surface area contributed by atoms with Crippen molar-refractivity contribution in [1.29, 1.82) is 0 Å². The zero-order chi connectivity index (χ0) is 18.8. The largest absolute Gasteiger partial charge is 0.332 e. The van der Waals surface area contributed by atoms with Gasteiger partial charge in [-0.15, -0.1) is 10.2 Å². The van der Waals surface area contributed by atoms with E-state index in [9.17, 15) is 14.4 Å². The maximum atomic E-state index is 12.3. The van der Waals surface area contributed by atoms with Crippen molar-refractivity contribution >= 4 is 33.5 Å². The SMILES string of the molecule is CCc1nnc(NC(=O)CCCn2cnc3c2c(=O)n(C)c(=O)n3C)s1. The van der Waals surface area contributed by atoms with Gasteiger partial charge >= 0.3 is 5.69 Å². The van der Waals surface area contributed by atoms with E-state index in [1.165, 1.54) is 29.3 Å². The molecule has 0 unspecified atom stereocenters. The van der Waals surface area contributed by atoms with E-state index < -0.39 is 11.2 Å². The summed E-state index contributed by atoms with van der Waals surface area (Å²) in [5.41, 5.74) is -0.128. The second-order valence-electron chi connectivity index (χ2n) is 5.82. The minimum Gasteiger partial charge on any atom is -0.325 e. The van der Waals surface area contributed by atoms with Crippen LogP contribution in [0.3, 0.4) is 0 Å². The minimum absolute atomic E-state index is 0.159. The van der Waals surface area contributed by atoms with Crippen molar-refractivity contribution in [3.8, 4) is 0 Å². The Morgan fingerprint density at radius 2 is 2.00 bits per heavy atom. The van der Waals surface area contributed by atoms with E-state index in [1.54, 1.807) is 11.6 Å². The fourth-order valence-corrected chi connectivity index (χ4v) is 3.30. The molecule has 3 aromatic rings. The van der Waals surface area contributed by atoms with E-state index in [0.717, 1.165) is 16.0 Å². The van der Waals surface area contributed by atoms with Crippen molar-refractivity contribution in [1.82, 2.24) is 28.9 Å². The number of fused-ring (bicyclic) bond motifs is 1. The molecule has 11 heteroatoms. The van der Waals surface area contributed by atoms with Crippen molar-refractivity contribution in [2.45, 2.75) is 32.7 Å². The summed E-state index contributed by atoms with van der Waals surface area (Å²) in [5, 5.41) is 11.9. The molecule has 0 atom stereocenters. The van der Waals surface area contributed by atoms with Crippen molar-refractivity contribution in [2.75, 3.05) is 5.32 Å². The summed E-state index contributed by atoms with van der Waals surface area (Å²) >= 11 is 1.35. The first kappa shape index (κ1) is 18.0. The highest BCUT2D eigenvalue weighted by molar-refractivity contribution is 7.15. The quantitative estimate of drug-likeness (QED) is 0.659. The number of nitrogens with zero attached hydrogens (tertiary/aromatic N) is 6. The van der Waals surface area contributed by atoms with Gasteiger partial charge in [0.05, 0.1) is 6.33 Å². The van der Waals surface area contributed by atoms with Crippen LogP contribution >= 0.6 is 11.3 Å². The second kappa shape index (κ2) is 7.20. The maximum Gasteiger partial charge on any atom is 0.332 e. The first-order valence-corrected chi connectivity index (χ1v) is 8.97. The summed E-state index contributed by atoms with van der Waals surface area (Å²) in [7, 11) is 3.00. The van der Waals surface area contributed by atoms with Gasteiger partial charge in [0.15, 0.2) is 11.2 Å². The highest BCUT2D eigenvalue weighted by atomic mass is 32.1. The lowest BCUT2D eigenvalue weighted by atomic mass is 10.3. The number of carbonyl (C=O) groups is 1. The molecule has 0 aliphatic rings. The standard InChI is InChI=1S/C15H19N7O3S/c1-4-10-18-19-14(26-10)17-9(23)6-5-7-22-8-16-12-11(22)13(24)21(3)15(25)20(12)2/h8H,4-7H2,1-3H3,(H,17,19,23). The van der Waals surface area contributed by atoms with Gasteiger partial charge in [0.25, 0.3) is 5.56 Å². The molecule has 0 saturated carbocycles. The lowest BCUT2D eigenvalue weighted by molar-refractivity contribution is -0.116. The molecule has 3 rings (SSSR count). The third-order valence-electron chi connectivity index (χ3n) is 4.04. The molecule has 138 valence electrons. The number of hydrogen-bond acceptors (Lipinski definition) is 7. The summed E-state index contributed by atoms with van der Waals surface area (Å²) < 4.78 is 4.05. The average Bonchev–Trinajstić information content (AvgIpc) is 3.25. The molecule has 3 aromatic heterocycles. The van der Waals surface area contributed by atoms with Crippen molar-refractivity contribution in [3.63, 3.8) is 0 Å². The number of amides is 1. The number of anilines is 1. The Balaban J connectivity index is 1.68. The van der Waals surface area contributed by atoms with Crippen molar-refractivity contribution in [3.05, 3.63) is 32.2 Å². The van der Waals surface area contributed by atoms with Crippen LogP contribution in [0.15, 0.2) is 15.9 Å². The van der Waals surface area contributed by atoms with Crippen LogP contribution in [0.4, 0.5) is 5.13 Å². The fourth-order valence-electron chi connectivity index (χ4n) is 2.61. The summed E-state index contributed by atoms with van der Waals surface area (Å²) in [5.74, 6) is -0.159. The zero-order valence-corrected chi connectivity index (χ0v) is 15.5. The van der Waals surface area contributed by atoms with E-state index in [4.69, 9.17) is 0 Å². The smallest absolute Gasteiger partial charge is 0.325 e. The lowest BCUT2D eigenvalue weighted by Gasteiger charge is -2.06. The Morgan fingerprint density at radius 3 is 2.69 bits per heavy atom.